The summed E-state index contributed by atoms with van der Waals surface area (Å²) >= 11 is 0. The van der Waals surface area contributed by atoms with Crippen LogP contribution in [0.4, 0.5) is 0 Å². The first-order valence-corrected chi connectivity index (χ1v) is 8.14. The van der Waals surface area contributed by atoms with Crippen LogP contribution in [-0.4, -0.2) is 35.8 Å². The Morgan fingerprint density at radius 3 is 2.62 bits per heavy atom. The second-order valence-corrected chi connectivity index (χ2v) is 7.30. The Kier molecular flexibility index (Phi) is 5.07. The van der Waals surface area contributed by atoms with E-state index in [1.807, 2.05) is 25.7 Å². The van der Waals surface area contributed by atoms with Crippen molar-refractivity contribution < 1.29 is 9.59 Å². The van der Waals surface area contributed by atoms with E-state index in [4.69, 9.17) is 0 Å². The summed E-state index contributed by atoms with van der Waals surface area (Å²) < 4.78 is 0. The summed E-state index contributed by atoms with van der Waals surface area (Å²) in [5.74, 6) is 0.0624. The van der Waals surface area contributed by atoms with Gasteiger partial charge in [-0.2, -0.15) is 0 Å². The molecule has 0 aromatic carbocycles. The third-order valence-corrected chi connectivity index (χ3v) is 4.43. The van der Waals surface area contributed by atoms with Crippen LogP contribution < -0.4 is 5.32 Å². The summed E-state index contributed by atoms with van der Waals surface area (Å²) in [6, 6.07) is -0.409. The highest BCUT2D eigenvalue weighted by Crippen LogP contribution is 2.24. The largest absolute Gasteiger partial charge is 0.344 e. The fourth-order valence-electron chi connectivity index (χ4n) is 3.04. The fraction of sp³-hybridized carbons (Fsp3) is 0.765. The minimum atomic E-state index is -0.409. The topological polar surface area (TPSA) is 49.4 Å². The molecule has 1 fully saturated rings. The summed E-state index contributed by atoms with van der Waals surface area (Å²) in [5, 5.41) is 2.89. The number of nitrogens with zero attached hydrogens (tertiary/aromatic N) is 1. The molecule has 1 aliphatic carbocycles. The average molecular weight is 292 g/mol. The Morgan fingerprint density at radius 1 is 1.24 bits per heavy atom. The average Bonchev–Trinajstić information content (AvgIpc) is 2.57. The van der Waals surface area contributed by atoms with E-state index < -0.39 is 6.04 Å². The molecule has 118 valence electrons. The monoisotopic (exact) mass is 292 g/mol. The third-order valence-electron chi connectivity index (χ3n) is 4.43. The van der Waals surface area contributed by atoms with E-state index >= 15 is 0 Å². The van der Waals surface area contributed by atoms with Crippen LogP contribution in [0.3, 0.4) is 0 Å². The van der Waals surface area contributed by atoms with Crippen molar-refractivity contribution in [2.75, 3.05) is 13.1 Å². The molecule has 0 bridgehead atoms. The lowest BCUT2D eigenvalue weighted by molar-refractivity contribution is -0.136. The molecule has 21 heavy (non-hydrogen) atoms. The molecule has 1 saturated heterocycles. The van der Waals surface area contributed by atoms with Crippen LogP contribution in [0.15, 0.2) is 11.6 Å². The van der Waals surface area contributed by atoms with Crippen molar-refractivity contribution in [3.8, 4) is 0 Å². The van der Waals surface area contributed by atoms with Crippen molar-refractivity contribution in [1.29, 1.82) is 0 Å². The Labute approximate surface area is 128 Å². The van der Waals surface area contributed by atoms with Crippen LogP contribution in [0.2, 0.25) is 0 Å². The summed E-state index contributed by atoms with van der Waals surface area (Å²) in [6.07, 6.45) is 8.60. The number of allylic oxidation sites excluding steroid dienone is 1. The number of carbonyl (C=O) groups excluding carboxylic acids is 2. The standard InChI is InChI=1S/C17H28N2O2/c1-17(2,3)15-16(21)19(12-10-14(20)18-15)11-9-13-7-5-4-6-8-13/h7,15H,4-6,8-12H2,1-3H3,(H,18,20). The minimum absolute atomic E-state index is 0.0114. The summed E-state index contributed by atoms with van der Waals surface area (Å²) in [7, 11) is 0. The molecule has 1 N–H and O–H groups in total. The van der Waals surface area contributed by atoms with Gasteiger partial charge < -0.3 is 10.2 Å². The highest BCUT2D eigenvalue weighted by Gasteiger charge is 2.37. The molecule has 4 heteroatoms. The van der Waals surface area contributed by atoms with Gasteiger partial charge in [-0.05, 0) is 37.5 Å². The lowest BCUT2D eigenvalue weighted by Crippen LogP contribution is -2.52. The van der Waals surface area contributed by atoms with Crippen LogP contribution in [0.25, 0.3) is 0 Å². The summed E-state index contributed by atoms with van der Waals surface area (Å²) in [6.45, 7) is 7.30. The Morgan fingerprint density at radius 2 is 2.00 bits per heavy atom. The van der Waals surface area contributed by atoms with Gasteiger partial charge in [0.1, 0.15) is 6.04 Å². The molecule has 1 atom stereocenters. The lowest BCUT2D eigenvalue weighted by atomic mass is 9.86. The van der Waals surface area contributed by atoms with Gasteiger partial charge in [-0.1, -0.05) is 32.4 Å². The number of hydrogen-bond acceptors (Lipinski definition) is 2. The summed E-state index contributed by atoms with van der Waals surface area (Å²) in [5.41, 5.74) is 1.23. The maximum Gasteiger partial charge on any atom is 0.245 e. The molecule has 0 spiro atoms. The van der Waals surface area contributed by atoms with E-state index in [1.165, 1.54) is 31.3 Å². The maximum absolute atomic E-state index is 12.7. The maximum atomic E-state index is 12.7. The van der Waals surface area contributed by atoms with Gasteiger partial charge >= 0.3 is 0 Å². The zero-order chi connectivity index (χ0) is 15.5. The van der Waals surface area contributed by atoms with Crippen LogP contribution in [-0.2, 0) is 9.59 Å². The summed E-state index contributed by atoms with van der Waals surface area (Å²) in [4.78, 5) is 26.4. The van der Waals surface area contributed by atoms with E-state index in [0.717, 1.165) is 13.0 Å². The van der Waals surface area contributed by atoms with Gasteiger partial charge in [-0.15, -0.1) is 0 Å². The quantitative estimate of drug-likeness (QED) is 0.813. The molecule has 1 heterocycles. The van der Waals surface area contributed by atoms with E-state index in [2.05, 4.69) is 11.4 Å². The van der Waals surface area contributed by atoms with Crippen LogP contribution >= 0.6 is 0 Å². The van der Waals surface area contributed by atoms with E-state index in [9.17, 15) is 9.59 Å². The van der Waals surface area contributed by atoms with Gasteiger partial charge in [0.25, 0.3) is 0 Å². The van der Waals surface area contributed by atoms with E-state index in [-0.39, 0.29) is 17.2 Å². The Balaban J connectivity index is 2.01. The van der Waals surface area contributed by atoms with E-state index in [0.29, 0.717) is 13.0 Å². The molecule has 0 saturated carbocycles. The Hall–Kier alpha value is -1.32. The lowest BCUT2D eigenvalue weighted by Gasteiger charge is -2.32. The normalized spacial score (nSPS) is 24.4. The van der Waals surface area contributed by atoms with Gasteiger partial charge in [-0.25, -0.2) is 0 Å². The van der Waals surface area contributed by atoms with Crippen molar-refractivity contribution in [2.24, 2.45) is 5.41 Å². The highest BCUT2D eigenvalue weighted by molar-refractivity contribution is 5.90. The molecule has 0 aromatic heterocycles. The van der Waals surface area contributed by atoms with Gasteiger partial charge in [0.15, 0.2) is 0 Å². The number of carbonyl (C=O) groups is 2. The predicted molar refractivity (Wildman–Crippen MR) is 83.8 cm³/mol. The van der Waals surface area contributed by atoms with Crippen LogP contribution in [0, 0.1) is 5.41 Å². The smallest absolute Gasteiger partial charge is 0.245 e. The predicted octanol–water partition coefficient (Wildman–Crippen LogP) is 2.64. The molecule has 0 aromatic rings. The molecule has 2 rings (SSSR count). The molecule has 4 nitrogen and oxygen atoms in total. The molecule has 2 amide bonds. The van der Waals surface area contributed by atoms with Crippen molar-refractivity contribution in [1.82, 2.24) is 10.2 Å². The molecule has 1 unspecified atom stereocenters. The molecule has 1 aliphatic heterocycles. The number of hydrogen-bond donors (Lipinski definition) is 1. The van der Waals surface area contributed by atoms with Crippen molar-refractivity contribution in [3.63, 3.8) is 0 Å². The van der Waals surface area contributed by atoms with Crippen molar-refractivity contribution in [3.05, 3.63) is 11.6 Å². The van der Waals surface area contributed by atoms with Crippen molar-refractivity contribution >= 4 is 11.8 Å². The van der Waals surface area contributed by atoms with Gasteiger partial charge in [-0.3, -0.25) is 9.59 Å². The molecule has 0 radical (unpaired) electrons. The first-order valence-electron chi connectivity index (χ1n) is 8.14. The van der Waals surface area contributed by atoms with Crippen LogP contribution in [0.1, 0.15) is 59.3 Å². The first-order chi connectivity index (χ1) is 9.88. The van der Waals surface area contributed by atoms with Gasteiger partial charge in [0, 0.05) is 19.5 Å². The van der Waals surface area contributed by atoms with Crippen molar-refractivity contribution in [2.45, 2.75) is 65.3 Å². The third kappa shape index (κ3) is 4.32. The van der Waals surface area contributed by atoms with Gasteiger partial charge in [0.05, 0.1) is 0 Å². The van der Waals surface area contributed by atoms with Crippen LogP contribution in [0.5, 0.6) is 0 Å². The Bertz CT molecular complexity index is 435. The zero-order valence-electron chi connectivity index (χ0n) is 13.6. The molecular weight excluding hydrogens is 264 g/mol. The zero-order valence-corrected chi connectivity index (χ0v) is 13.6. The number of amides is 2. The minimum Gasteiger partial charge on any atom is -0.344 e. The number of nitrogens with one attached hydrogen (secondary N) is 1. The molecular formula is C17H28N2O2. The van der Waals surface area contributed by atoms with Gasteiger partial charge in [0.2, 0.25) is 11.8 Å². The second-order valence-electron chi connectivity index (χ2n) is 7.30. The fourth-order valence-corrected chi connectivity index (χ4v) is 3.04. The SMILES string of the molecule is CC(C)(C)C1NC(=O)CCN(CCC2=CCCCC2)C1=O. The first kappa shape index (κ1) is 16.1. The van der Waals surface area contributed by atoms with E-state index in [1.54, 1.807) is 0 Å². The number of rotatable bonds is 3. The highest BCUT2D eigenvalue weighted by atomic mass is 16.2. The molecule has 2 aliphatic rings. The second kappa shape index (κ2) is 6.63.